The van der Waals surface area contributed by atoms with Crippen LogP contribution >= 0.6 is 8.53 Å². The summed E-state index contributed by atoms with van der Waals surface area (Å²) in [7, 11) is 1.48. The highest BCUT2D eigenvalue weighted by Gasteiger charge is 2.65. The van der Waals surface area contributed by atoms with Crippen LogP contribution in [0, 0.1) is 18.3 Å². The highest BCUT2D eigenvalue weighted by Crippen LogP contribution is 2.56. The summed E-state index contributed by atoms with van der Waals surface area (Å²) >= 11 is 0. The summed E-state index contributed by atoms with van der Waals surface area (Å²) < 4.78 is 48.7. The SMILES string of the molecule is COc1ccc(C(OC[C@]23CO[C@@H](C2OP(OCCC#N)N(C(C)C)C(C)C)[C@H](n2cc(C)c(=O)[nH]c2=O)O3)(c2ccccc2)c2ccc(OC)cc2)cc1. The number of H-pyrrole nitrogens is 1. The van der Waals surface area contributed by atoms with Crippen LogP contribution in [0.25, 0.3) is 0 Å². The lowest BCUT2D eigenvalue weighted by Gasteiger charge is -2.41. The first kappa shape index (κ1) is 40.3. The van der Waals surface area contributed by atoms with Crippen LogP contribution in [0.4, 0.5) is 0 Å². The lowest BCUT2D eigenvalue weighted by molar-refractivity contribution is -0.203. The number of aromatic nitrogens is 2. The number of fused-ring (bicyclic) bond motifs is 2. The molecule has 2 bridgehead atoms. The predicted octanol–water partition coefficient (Wildman–Crippen LogP) is 6.20. The molecule has 5 atom stereocenters. The van der Waals surface area contributed by atoms with Crippen LogP contribution in [0.1, 0.15) is 62.6 Å². The van der Waals surface area contributed by atoms with Gasteiger partial charge in [0.2, 0.25) is 0 Å². The van der Waals surface area contributed by atoms with Gasteiger partial charge in [-0.1, -0.05) is 54.6 Å². The molecule has 292 valence electrons. The Morgan fingerprint density at radius 2 is 1.53 bits per heavy atom. The lowest BCUT2D eigenvalue weighted by Crippen LogP contribution is -2.49. The van der Waals surface area contributed by atoms with Crippen molar-refractivity contribution in [2.45, 2.75) is 82.8 Å². The summed E-state index contributed by atoms with van der Waals surface area (Å²) in [5, 5.41) is 9.37. The molecule has 13 nitrogen and oxygen atoms in total. The van der Waals surface area contributed by atoms with E-state index in [1.54, 1.807) is 21.1 Å². The minimum atomic E-state index is -1.77. The van der Waals surface area contributed by atoms with Crippen molar-refractivity contribution in [2.75, 3.05) is 34.0 Å². The topological polar surface area (TPSA) is 146 Å². The van der Waals surface area contributed by atoms with Crippen molar-refractivity contribution in [1.82, 2.24) is 14.2 Å². The van der Waals surface area contributed by atoms with Gasteiger partial charge in [-0.2, -0.15) is 5.26 Å². The van der Waals surface area contributed by atoms with E-state index in [4.69, 9.17) is 32.7 Å². The third-order valence-corrected chi connectivity index (χ3v) is 12.1. The second-order valence-corrected chi connectivity index (χ2v) is 15.6. The minimum Gasteiger partial charge on any atom is -0.497 e. The molecule has 3 aromatic carbocycles. The van der Waals surface area contributed by atoms with E-state index in [2.05, 4.69) is 43.4 Å². The summed E-state index contributed by atoms with van der Waals surface area (Å²) in [6.45, 7) is 10.1. The summed E-state index contributed by atoms with van der Waals surface area (Å²) in [5.41, 5.74) is -0.751. The summed E-state index contributed by atoms with van der Waals surface area (Å²) in [4.78, 5) is 28.2. The van der Waals surface area contributed by atoms with Crippen molar-refractivity contribution in [1.29, 1.82) is 5.26 Å². The number of methoxy groups -OCH3 is 2. The third kappa shape index (κ3) is 8.00. The number of aryl methyl sites for hydroxylation is 1. The van der Waals surface area contributed by atoms with Crippen LogP contribution in [-0.2, 0) is 28.9 Å². The average molecular weight is 773 g/mol. The van der Waals surface area contributed by atoms with Crippen molar-refractivity contribution in [2.24, 2.45) is 0 Å². The van der Waals surface area contributed by atoms with E-state index in [1.807, 2.05) is 78.9 Å². The van der Waals surface area contributed by atoms with Crippen LogP contribution in [-0.4, -0.2) is 78.2 Å². The number of hydrogen-bond acceptors (Lipinski definition) is 11. The predicted molar refractivity (Wildman–Crippen MR) is 207 cm³/mol. The molecule has 0 amide bonds. The van der Waals surface area contributed by atoms with Gasteiger partial charge in [0, 0.05) is 23.8 Å². The number of rotatable bonds is 17. The van der Waals surface area contributed by atoms with Crippen molar-refractivity contribution >= 4 is 8.53 Å². The average Bonchev–Trinajstić information content (AvgIpc) is 3.68. The van der Waals surface area contributed by atoms with Crippen molar-refractivity contribution < 1.29 is 32.7 Å². The van der Waals surface area contributed by atoms with E-state index < -0.39 is 49.4 Å². The Bertz CT molecular complexity index is 1990. The molecule has 4 aromatic rings. The number of aromatic amines is 1. The van der Waals surface area contributed by atoms with Crippen LogP contribution in [0.2, 0.25) is 0 Å². The molecule has 0 radical (unpaired) electrons. The van der Waals surface area contributed by atoms with E-state index >= 15 is 0 Å². The van der Waals surface area contributed by atoms with E-state index in [-0.39, 0.29) is 38.3 Å². The van der Waals surface area contributed by atoms with Crippen LogP contribution in [0.5, 0.6) is 11.5 Å². The van der Waals surface area contributed by atoms with Gasteiger partial charge in [0.25, 0.3) is 14.1 Å². The zero-order chi connectivity index (χ0) is 39.3. The molecule has 1 aromatic heterocycles. The maximum atomic E-state index is 13.3. The van der Waals surface area contributed by atoms with Gasteiger partial charge in [0.15, 0.2) is 6.23 Å². The Morgan fingerprint density at radius 3 is 2.07 bits per heavy atom. The number of benzene rings is 3. The second kappa shape index (κ2) is 17.2. The Labute approximate surface area is 322 Å². The summed E-state index contributed by atoms with van der Waals surface area (Å²) in [6, 6.07) is 27.6. The minimum absolute atomic E-state index is 0.0254. The number of nitrogens with one attached hydrogen (secondary N) is 1. The molecular formula is C41H49N4O9P. The normalized spacial score (nSPS) is 21.3. The van der Waals surface area contributed by atoms with Gasteiger partial charge in [-0.25, -0.2) is 9.46 Å². The molecule has 0 aliphatic carbocycles. The molecule has 2 unspecified atom stereocenters. The molecule has 55 heavy (non-hydrogen) atoms. The Balaban J connectivity index is 1.49. The van der Waals surface area contributed by atoms with Gasteiger partial charge < -0.3 is 32.7 Å². The molecule has 0 spiro atoms. The summed E-state index contributed by atoms with van der Waals surface area (Å²) in [5.74, 6) is 1.38. The zero-order valence-corrected chi connectivity index (χ0v) is 33.2. The van der Waals surface area contributed by atoms with Gasteiger partial charge in [-0.05, 0) is 75.6 Å². The second-order valence-electron chi connectivity index (χ2n) is 14.2. The molecular weight excluding hydrogens is 723 g/mol. The zero-order valence-electron chi connectivity index (χ0n) is 32.3. The molecule has 2 saturated heterocycles. The molecule has 2 fully saturated rings. The third-order valence-electron chi connectivity index (χ3n) is 9.97. The monoisotopic (exact) mass is 772 g/mol. The number of nitriles is 1. The molecule has 3 heterocycles. The van der Waals surface area contributed by atoms with E-state index in [1.165, 1.54) is 10.8 Å². The fraction of sp³-hybridized carbons (Fsp3) is 0.439. The first-order valence-corrected chi connectivity index (χ1v) is 19.5. The number of ether oxygens (including phenoxy) is 5. The first-order valence-electron chi connectivity index (χ1n) is 18.3. The van der Waals surface area contributed by atoms with E-state index in [9.17, 15) is 14.9 Å². The lowest BCUT2D eigenvalue weighted by atomic mass is 9.79. The summed E-state index contributed by atoms with van der Waals surface area (Å²) in [6.07, 6.45) is -0.901. The highest BCUT2D eigenvalue weighted by atomic mass is 31.2. The fourth-order valence-corrected chi connectivity index (χ4v) is 9.16. The molecule has 1 N–H and O–H groups in total. The Morgan fingerprint density at radius 1 is 0.945 bits per heavy atom. The van der Waals surface area contributed by atoms with Crippen LogP contribution < -0.4 is 20.7 Å². The highest BCUT2D eigenvalue weighted by molar-refractivity contribution is 7.44. The van der Waals surface area contributed by atoms with Gasteiger partial charge in [-0.3, -0.25) is 14.3 Å². The smallest absolute Gasteiger partial charge is 0.330 e. The number of nitrogens with zero attached hydrogens (tertiary/aromatic N) is 3. The molecule has 0 saturated carbocycles. The van der Waals surface area contributed by atoms with Crippen molar-refractivity contribution in [3.8, 4) is 17.6 Å². The van der Waals surface area contributed by atoms with Gasteiger partial charge in [-0.15, -0.1) is 0 Å². The molecule has 14 heteroatoms. The van der Waals surface area contributed by atoms with Crippen molar-refractivity contribution in [3.05, 3.63) is 128 Å². The maximum Gasteiger partial charge on any atom is 0.330 e. The first-order chi connectivity index (χ1) is 26.5. The van der Waals surface area contributed by atoms with Gasteiger partial charge in [0.05, 0.1) is 46.5 Å². The molecule has 6 rings (SSSR count). The van der Waals surface area contributed by atoms with Gasteiger partial charge >= 0.3 is 5.69 Å². The molecule has 2 aliphatic rings. The fourth-order valence-electron chi connectivity index (χ4n) is 7.35. The van der Waals surface area contributed by atoms with Gasteiger partial charge in [0.1, 0.15) is 34.9 Å². The standard InChI is InChI=1S/C41H49N4O9P/c1-27(2)45(28(3)4)55(52-23-11-22-42)54-36-35-38(44-24-29(5)37(46)43-39(44)47)53-40(36,25-50-35)26-51-41(30-12-9-8-10-13-30,31-14-18-33(48-6)19-15-31)32-16-20-34(49-7)21-17-32/h8-10,12-21,24,27-28,35-36,38H,11,23,25-26H2,1-7H3,(H,43,46,47)/t35-,36?,38+,40+,55?/m0/s1. The maximum absolute atomic E-state index is 13.3. The quantitative estimate of drug-likeness (QED) is 0.0744. The van der Waals surface area contributed by atoms with E-state index in [0.29, 0.717) is 17.1 Å². The van der Waals surface area contributed by atoms with Crippen molar-refractivity contribution in [3.63, 3.8) is 0 Å². The van der Waals surface area contributed by atoms with Crippen LogP contribution in [0.3, 0.4) is 0 Å². The Hall–Kier alpha value is -4.38. The Kier molecular flexibility index (Phi) is 12.6. The largest absolute Gasteiger partial charge is 0.497 e. The molecule has 2 aliphatic heterocycles. The van der Waals surface area contributed by atoms with Crippen LogP contribution in [0.15, 0.2) is 94.6 Å². The number of hydrogen-bond donors (Lipinski definition) is 1. The van der Waals surface area contributed by atoms with E-state index in [0.717, 1.165) is 16.7 Å².